The van der Waals surface area contributed by atoms with E-state index in [9.17, 15) is 0 Å². The van der Waals surface area contributed by atoms with Gasteiger partial charge in [-0.25, -0.2) is 0 Å². The molecule has 3 rings (SSSR count). The number of rotatable bonds is 3. The molecule has 0 spiro atoms. The van der Waals surface area contributed by atoms with E-state index in [1.54, 1.807) is 24.0 Å². The molecule has 0 unspecified atom stereocenters. The third-order valence-corrected chi connectivity index (χ3v) is 4.03. The molecule has 1 fully saturated rings. The summed E-state index contributed by atoms with van der Waals surface area (Å²) < 4.78 is 18.1. The average Bonchev–Trinajstić information content (AvgIpc) is 3.13. The highest BCUT2D eigenvalue weighted by molar-refractivity contribution is 7.81. The van der Waals surface area contributed by atoms with Crippen LogP contribution in [0, 0.1) is 0 Å². The van der Waals surface area contributed by atoms with Crippen LogP contribution in [0.2, 0.25) is 0 Å². The van der Waals surface area contributed by atoms with Crippen LogP contribution in [0.15, 0.2) is 46.6 Å². The number of benzene rings is 1. The zero-order valence-electron chi connectivity index (χ0n) is 12.6. The van der Waals surface area contributed by atoms with Crippen LogP contribution in [-0.4, -0.2) is 28.1 Å². The second kappa shape index (κ2) is 6.44. The van der Waals surface area contributed by atoms with Crippen molar-refractivity contribution in [1.82, 2.24) is 0 Å². The van der Waals surface area contributed by atoms with Gasteiger partial charge in [0.1, 0.15) is 17.3 Å². The predicted octanol–water partition coefficient (Wildman–Crippen LogP) is 4.04. The van der Waals surface area contributed by atoms with E-state index >= 15 is 0 Å². The first-order chi connectivity index (χ1) is 11.1. The predicted molar refractivity (Wildman–Crippen MR) is 97.0 cm³/mol. The highest BCUT2D eigenvalue weighted by Gasteiger charge is 2.35. The molecular formula is C17H14NO3S2+. The number of ether oxygens (including phenoxy) is 2. The van der Waals surface area contributed by atoms with Crippen molar-refractivity contribution in [3.8, 4) is 17.1 Å². The molecule has 0 atom stereocenters. The van der Waals surface area contributed by atoms with Crippen LogP contribution in [0.4, 0.5) is 0 Å². The van der Waals surface area contributed by atoms with Crippen LogP contribution in [0.25, 0.3) is 17.4 Å². The summed E-state index contributed by atoms with van der Waals surface area (Å²) in [4.78, 5) is 0.528. The summed E-state index contributed by atoms with van der Waals surface area (Å²) in [7, 11) is 1.64. The second-order valence-electron chi connectivity index (χ2n) is 4.74. The quantitative estimate of drug-likeness (QED) is 0.477. The van der Waals surface area contributed by atoms with E-state index < -0.39 is 0 Å². The zero-order chi connectivity index (χ0) is 16.4. The summed E-state index contributed by atoms with van der Waals surface area (Å²) in [5.41, 5.74) is 0.962. The summed E-state index contributed by atoms with van der Waals surface area (Å²) >= 11 is 10.4. The lowest BCUT2D eigenvalue weighted by atomic mass is 10.2. The Bertz CT molecular complexity index is 832. The van der Waals surface area contributed by atoms with Gasteiger partial charge < -0.3 is 13.9 Å². The molecule has 2 heterocycles. The fourth-order valence-corrected chi connectivity index (χ4v) is 2.81. The highest BCUT2D eigenvalue weighted by atomic mass is 32.1. The molecule has 4 nitrogen and oxygen atoms in total. The van der Waals surface area contributed by atoms with Gasteiger partial charge in [0.25, 0.3) is 0 Å². The Morgan fingerprint density at radius 1 is 1.09 bits per heavy atom. The van der Waals surface area contributed by atoms with Crippen molar-refractivity contribution in [3.63, 3.8) is 0 Å². The Balaban J connectivity index is 1.86. The van der Waals surface area contributed by atoms with Gasteiger partial charge in [-0.05, 0) is 48.6 Å². The fourth-order valence-electron chi connectivity index (χ4n) is 2.17. The summed E-state index contributed by atoms with van der Waals surface area (Å²) in [6.07, 6.45) is 3.52. The maximum Gasteiger partial charge on any atom is 0.452 e. The van der Waals surface area contributed by atoms with E-state index in [0.717, 1.165) is 17.1 Å². The first-order valence-corrected chi connectivity index (χ1v) is 7.75. The van der Waals surface area contributed by atoms with Gasteiger partial charge in [0.05, 0.1) is 7.11 Å². The molecule has 1 aromatic heterocycles. The molecule has 1 aliphatic rings. The molecular weight excluding hydrogens is 330 g/mol. The molecule has 6 heteroatoms. The third-order valence-electron chi connectivity index (χ3n) is 3.36. The second-order valence-corrected chi connectivity index (χ2v) is 5.48. The minimum absolute atomic E-state index is 0.325. The summed E-state index contributed by atoms with van der Waals surface area (Å²) in [5.74, 6) is 2.72. The van der Waals surface area contributed by atoms with Crippen LogP contribution in [-0.2, 0) is 4.74 Å². The number of hydrogen-bond donors (Lipinski definition) is 0. The van der Waals surface area contributed by atoms with Gasteiger partial charge in [-0.2, -0.15) is 0 Å². The smallest absolute Gasteiger partial charge is 0.452 e. The first kappa shape index (κ1) is 15.6. The van der Waals surface area contributed by atoms with E-state index in [2.05, 4.69) is 0 Å². The highest BCUT2D eigenvalue weighted by Crippen LogP contribution is 2.26. The van der Waals surface area contributed by atoms with Crippen LogP contribution < -0.4 is 4.74 Å². The van der Waals surface area contributed by atoms with Crippen molar-refractivity contribution in [2.24, 2.45) is 0 Å². The molecule has 0 saturated carbocycles. The molecule has 2 aromatic rings. The van der Waals surface area contributed by atoms with Crippen LogP contribution in [0.5, 0.6) is 5.75 Å². The Morgan fingerprint density at radius 3 is 2.43 bits per heavy atom. The number of hydrogen-bond acceptors (Lipinski definition) is 5. The van der Waals surface area contributed by atoms with Crippen molar-refractivity contribution in [3.05, 3.63) is 47.9 Å². The fraction of sp³-hybridized carbons (Fsp3) is 0.118. The number of furan rings is 1. The van der Waals surface area contributed by atoms with Crippen LogP contribution in [0.3, 0.4) is 0 Å². The standard InChI is InChI=1S/C17H14NO3S2/c1-3-18-16(22)15(21-17(18)23)10-13-8-9-14(20-13)11-4-6-12(19-2)7-5-11/h3-10H,1-2H3/q+1. The Kier molecular flexibility index (Phi) is 4.36. The zero-order valence-corrected chi connectivity index (χ0v) is 14.2. The molecule has 0 aliphatic carbocycles. The van der Waals surface area contributed by atoms with Crippen LogP contribution in [0.1, 0.15) is 12.7 Å². The van der Waals surface area contributed by atoms with E-state index in [1.807, 2.05) is 43.3 Å². The molecule has 1 aromatic carbocycles. The summed E-state index contributed by atoms with van der Waals surface area (Å²) in [5, 5.41) is 0.325. The molecule has 23 heavy (non-hydrogen) atoms. The molecule has 0 bridgehead atoms. The van der Waals surface area contributed by atoms with E-state index in [4.69, 9.17) is 38.3 Å². The normalized spacial score (nSPS) is 17.8. The molecule has 1 saturated heterocycles. The van der Waals surface area contributed by atoms with Gasteiger partial charge in [0.2, 0.25) is 5.76 Å². The van der Waals surface area contributed by atoms with Gasteiger partial charge >= 0.3 is 10.2 Å². The lowest BCUT2D eigenvalue weighted by Gasteiger charge is -2.00. The van der Waals surface area contributed by atoms with Crippen molar-refractivity contribution >= 4 is 46.9 Å². The number of methoxy groups -OCH3 is 1. The minimum atomic E-state index is 0.325. The van der Waals surface area contributed by atoms with Gasteiger partial charge in [0.15, 0.2) is 6.21 Å². The van der Waals surface area contributed by atoms with Gasteiger partial charge in [-0.1, -0.05) is 0 Å². The Morgan fingerprint density at radius 2 is 1.83 bits per heavy atom. The number of nitrogens with zero attached hydrogens (tertiary/aromatic N) is 1. The molecule has 1 aliphatic heterocycles. The van der Waals surface area contributed by atoms with Gasteiger partial charge in [0, 0.05) is 30.8 Å². The summed E-state index contributed by atoms with van der Waals surface area (Å²) in [6.45, 7) is 1.85. The van der Waals surface area contributed by atoms with Crippen molar-refractivity contribution < 1.29 is 18.5 Å². The Labute approximate surface area is 144 Å². The van der Waals surface area contributed by atoms with Crippen molar-refractivity contribution in [1.29, 1.82) is 0 Å². The van der Waals surface area contributed by atoms with Gasteiger partial charge in [-0.15, -0.1) is 4.58 Å². The topological polar surface area (TPSA) is 34.6 Å². The Hall–Kier alpha value is -2.31. The number of thiocarbonyl (C=S) groups is 2. The third kappa shape index (κ3) is 3.09. The van der Waals surface area contributed by atoms with Crippen molar-refractivity contribution in [2.75, 3.05) is 7.11 Å². The van der Waals surface area contributed by atoms with Gasteiger partial charge in [-0.3, -0.25) is 0 Å². The lowest BCUT2D eigenvalue weighted by Crippen LogP contribution is -2.15. The SMILES string of the molecule is CC=[N+]1C(=S)OC(=Cc2ccc(-c3ccc(OC)cc3)o2)C1=S. The van der Waals surface area contributed by atoms with E-state index in [1.165, 1.54) is 0 Å². The monoisotopic (exact) mass is 344 g/mol. The van der Waals surface area contributed by atoms with Crippen LogP contribution >= 0.6 is 24.4 Å². The molecule has 0 amide bonds. The molecule has 0 N–H and O–H groups in total. The average molecular weight is 344 g/mol. The minimum Gasteiger partial charge on any atom is -0.497 e. The first-order valence-electron chi connectivity index (χ1n) is 6.93. The maximum atomic E-state index is 5.83. The molecule has 0 radical (unpaired) electrons. The lowest BCUT2D eigenvalue weighted by molar-refractivity contribution is -0.258. The maximum absolute atomic E-state index is 5.83. The van der Waals surface area contributed by atoms with Crippen molar-refractivity contribution in [2.45, 2.75) is 6.92 Å². The van der Waals surface area contributed by atoms with E-state index in [0.29, 0.717) is 21.7 Å². The summed E-state index contributed by atoms with van der Waals surface area (Å²) in [6, 6.07) is 11.4. The largest absolute Gasteiger partial charge is 0.497 e. The molecule has 116 valence electrons. The van der Waals surface area contributed by atoms with E-state index in [-0.39, 0.29) is 0 Å².